The lowest BCUT2D eigenvalue weighted by Crippen LogP contribution is -2.50. The van der Waals surface area contributed by atoms with Gasteiger partial charge in [-0.05, 0) is 32.2 Å². The molecule has 1 saturated heterocycles. The summed E-state index contributed by atoms with van der Waals surface area (Å²) in [4.78, 5) is 21.9. The van der Waals surface area contributed by atoms with Crippen LogP contribution in [0.3, 0.4) is 0 Å². The molecular weight excluding hydrogens is 446 g/mol. The minimum absolute atomic E-state index is 0.112. The number of nitrogens with one attached hydrogen (secondary N) is 1. The molecule has 8 nitrogen and oxygen atoms in total. The molecule has 1 aromatic rings. The fourth-order valence-electron chi connectivity index (χ4n) is 5.35. The van der Waals surface area contributed by atoms with Gasteiger partial charge in [0.25, 0.3) is 10.0 Å². The lowest BCUT2D eigenvalue weighted by molar-refractivity contribution is 0.114. The second kappa shape index (κ2) is 10.8. The first-order valence-corrected chi connectivity index (χ1v) is 14.5. The maximum Gasteiger partial charge on any atom is 0.324 e. The van der Waals surface area contributed by atoms with Crippen molar-refractivity contribution in [3.05, 3.63) is 6.20 Å². The summed E-state index contributed by atoms with van der Waals surface area (Å²) < 4.78 is 27.9. The highest BCUT2D eigenvalue weighted by atomic mass is 32.2. The van der Waals surface area contributed by atoms with Crippen molar-refractivity contribution in [3.63, 3.8) is 0 Å². The van der Waals surface area contributed by atoms with Crippen molar-refractivity contribution in [2.45, 2.75) is 87.4 Å². The Balaban J connectivity index is 1.44. The third-order valence-electron chi connectivity index (χ3n) is 7.24. The quantitative estimate of drug-likeness (QED) is 0.662. The highest BCUT2D eigenvalue weighted by Crippen LogP contribution is 2.32. The van der Waals surface area contributed by atoms with Crippen LogP contribution in [0.4, 0.5) is 9.93 Å². The number of hydrogen-bond acceptors (Lipinski definition) is 6. The highest BCUT2D eigenvalue weighted by molar-refractivity contribution is 7.91. The van der Waals surface area contributed by atoms with E-state index in [-0.39, 0.29) is 22.3 Å². The van der Waals surface area contributed by atoms with Gasteiger partial charge in [0.2, 0.25) is 0 Å². The van der Waals surface area contributed by atoms with Crippen LogP contribution in [0.15, 0.2) is 10.4 Å². The van der Waals surface area contributed by atoms with Crippen LogP contribution in [-0.2, 0) is 10.0 Å². The van der Waals surface area contributed by atoms with E-state index in [0.717, 1.165) is 56.7 Å². The molecular formula is C22H37N5O3S2. The fourth-order valence-corrected chi connectivity index (χ4v) is 7.95. The van der Waals surface area contributed by atoms with Crippen molar-refractivity contribution >= 4 is 32.5 Å². The van der Waals surface area contributed by atoms with Crippen LogP contribution in [0.5, 0.6) is 0 Å². The third kappa shape index (κ3) is 5.46. The zero-order chi connectivity index (χ0) is 22.6. The molecule has 3 fully saturated rings. The Bertz CT molecular complexity index is 837. The minimum Gasteiger partial charge on any atom is -0.319 e. The molecule has 1 aromatic heterocycles. The van der Waals surface area contributed by atoms with Gasteiger partial charge in [-0.2, -0.15) is 4.31 Å². The maximum absolute atomic E-state index is 13.4. The Morgan fingerprint density at radius 2 is 1.59 bits per heavy atom. The van der Waals surface area contributed by atoms with Crippen molar-refractivity contribution in [1.82, 2.24) is 19.1 Å². The van der Waals surface area contributed by atoms with Crippen LogP contribution >= 0.6 is 11.3 Å². The van der Waals surface area contributed by atoms with E-state index in [1.54, 1.807) is 0 Å². The highest BCUT2D eigenvalue weighted by Gasteiger charge is 2.34. The molecule has 180 valence electrons. The molecule has 3 aliphatic rings. The summed E-state index contributed by atoms with van der Waals surface area (Å²) in [5.74, 6) is 0. The van der Waals surface area contributed by atoms with Gasteiger partial charge < -0.3 is 9.80 Å². The lowest BCUT2D eigenvalue weighted by atomic mass is 9.89. The SMILES string of the molecule is CCN1CCN(S(=O)(=O)c2cnc(NC(=O)N(C3CCCCC3)C3CCCCC3)s2)CC1. The number of hydrogen-bond donors (Lipinski definition) is 1. The predicted molar refractivity (Wildman–Crippen MR) is 128 cm³/mol. The minimum atomic E-state index is -3.57. The maximum atomic E-state index is 13.4. The Labute approximate surface area is 196 Å². The summed E-state index contributed by atoms with van der Waals surface area (Å²) in [7, 11) is -3.57. The number of amides is 2. The number of carbonyl (C=O) groups is 1. The average Bonchev–Trinajstić information content (AvgIpc) is 3.30. The van der Waals surface area contributed by atoms with Crippen molar-refractivity contribution in [3.8, 4) is 0 Å². The van der Waals surface area contributed by atoms with Crippen molar-refractivity contribution in [2.24, 2.45) is 0 Å². The topological polar surface area (TPSA) is 85.9 Å². The Hall–Kier alpha value is -1.23. The first-order valence-electron chi connectivity index (χ1n) is 12.3. The molecule has 0 atom stereocenters. The summed E-state index contributed by atoms with van der Waals surface area (Å²) in [6.07, 6.45) is 12.8. The standard InChI is InChI=1S/C22H37N5O3S2/c1-2-25-13-15-26(16-14-25)32(29,30)20-17-23-21(31-20)24-22(28)27(18-9-5-3-6-10-18)19-11-7-4-8-12-19/h17-19H,2-16H2,1H3,(H,23,24,28). The number of carbonyl (C=O) groups excluding carboxylic acids is 1. The molecule has 2 aliphatic carbocycles. The molecule has 1 N–H and O–H groups in total. The van der Waals surface area contributed by atoms with Gasteiger partial charge in [0.05, 0.1) is 6.20 Å². The van der Waals surface area contributed by atoms with Crippen LogP contribution in [0.25, 0.3) is 0 Å². The van der Waals surface area contributed by atoms with Gasteiger partial charge in [-0.1, -0.05) is 56.8 Å². The van der Waals surface area contributed by atoms with E-state index >= 15 is 0 Å². The number of aromatic nitrogens is 1. The summed E-state index contributed by atoms with van der Waals surface area (Å²) in [6.45, 7) is 5.50. The van der Waals surface area contributed by atoms with Crippen LogP contribution < -0.4 is 5.32 Å². The number of likely N-dealkylation sites (N-methyl/N-ethyl adjacent to an activating group) is 1. The van der Waals surface area contributed by atoms with Crippen molar-refractivity contribution < 1.29 is 13.2 Å². The Kier molecular flexibility index (Phi) is 8.07. The molecule has 0 aromatic carbocycles. The number of thiazole rings is 1. The summed E-state index contributed by atoms with van der Waals surface area (Å²) >= 11 is 1.07. The molecule has 2 amide bonds. The van der Waals surface area contributed by atoms with Crippen molar-refractivity contribution in [1.29, 1.82) is 0 Å². The molecule has 10 heteroatoms. The monoisotopic (exact) mass is 483 g/mol. The van der Waals surface area contributed by atoms with Crippen LogP contribution in [0, 0.1) is 0 Å². The van der Waals surface area contributed by atoms with Gasteiger partial charge in [0.1, 0.15) is 0 Å². The molecule has 2 heterocycles. The van der Waals surface area contributed by atoms with Gasteiger partial charge in [-0.3, -0.25) is 5.32 Å². The third-order valence-corrected chi connectivity index (χ3v) is 10.5. The summed E-state index contributed by atoms with van der Waals surface area (Å²) in [6, 6.07) is 0.452. The van der Waals surface area contributed by atoms with E-state index in [9.17, 15) is 13.2 Å². The molecule has 0 spiro atoms. The second-order valence-corrected chi connectivity index (χ2v) is 12.4. The molecule has 0 radical (unpaired) electrons. The average molecular weight is 484 g/mol. The van der Waals surface area contributed by atoms with Gasteiger partial charge in [-0.15, -0.1) is 0 Å². The number of anilines is 1. The first kappa shape index (κ1) is 23.9. The van der Waals surface area contributed by atoms with Crippen LogP contribution in [-0.4, -0.2) is 78.3 Å². The summed E-state index contributed by atoms with van der Waals surface area (Å²) in [5.41, 5.74) is 0. The molecule has 0 unspecified atom stereocenters. The smallest absolute Gasteiger partial charge is 0.319 e. The van der Waals surface area contributed by atoms with E-state index < -0.39 is 10.0 Å². The zero-order valence-electron chi connectivity index (χ0n) is 19.2. The number of piperazine rings is 1. The van der Waals surface area contributed by atoms with E-state index in [1.165, 1.54) is 49.0 Å². The molecule has 0 bridgehead atoms. The van der Waals surface area contributed by atoms with E-state index in [0.29, 0.717) is 18.2 Å². The zero-order valence-corrected chi connectivity index (χ0v) is 20.8. The normalized spacial score (nSPS) is 22.7. The summed E-state index contributed by atoms with van der Waals surface area (Å²) in [5, 5.41) is 3.32. The molecule has 1 aliphatic heterocycles. The van der Waals surface area contributed by atoms with Crippen LogP contribution in [0.1, 0.15) is 71.1 Å². The Morgan fingerprint density at radius 1 is 1.03 bits per heavy atom. The molecule has 4 rings (SSSR count). The van der Waals surface area contributed by atoms with E-state index in [2.05, 4.69) is 27.0 Å². The second-order valence-electron chi connectivity index (χ2n) is 9.24. The van der Waals surface area contributed by atoms with E-state index in [1.807, 2.05) is 0 Å². The number of urea groups is 1. The van der Waals surface area contributed by atoms with Gasteiger partial charge in [-0.25, -0.2) is 18.2 Å². The number of nitrogens with zero attached hydrogens (tertiary/aromatic N) is 4. The largest absolute Gasteiger partial charge is 0.324 e. The fraction of sp³-hybridized carbons (Fsp3) is 0.818. The number of rotatable bonds is 6. The number of sulfonamides is 1. The van der Waals surface area contributed by atoms with Gasteiger partial charge in [0, 0.05) is 38.3 Å². The van der Waals surface area contributed by atoms with Gasteiger partial charge in [0.15, 0.2) is 9.34 Å². The van der Waals surface area contributed by atoms with Gasteiger partial charge >= 0.3 is 6.03 Å². The first-order chi connectivity index (χ1) is 15.5. The van der Waals surface area contributed by atoms with Crippen molar-refractivity contribution in [2.75, 3.05) is 38.0 Å². The molecule has 2 saturated carbocycles. The van der Waals surface area contributed by atoms with E-state index in [4.69, 9.17) is 0 Å². The Morgan fingerprint density at radius 3 is 2.12 bits per heavy atom. The molecule has 32 heavy (non-hydrogen) atoms. The van der Waals surface area contributed by atoms with Crippen LogP contribution in [0.2, 0.25) is 0 Å². The lowest BCUT2D eigenvalue weighted by Gasteiger charge is -2.41. The predicted octanol–water partition coefficient (Wildman–Crippen LogP) is 3.97.